The number of nitrogens with one attached hydrogen (secondary N) is 1. The zero-order chi connectivity index (χ0) is 19.5. The van der Waals surface area contributed by atoms with E-state index in [1.165, 1.54) is 0 Å². The number of piperidine rings is 1. The van der Waals surface area contributed by atoms with Crippen LogP contribution in [0.3, 0.4) is 0 Å². The van der Waals surface area contributed by atoms with Crippen molar-refractivity contribution in [1.29, 1.82) is 0 Å². The number of carbonyl (C=O) groups excluding carboxylic acids is 1. The molecular formula is C20H25N5OS2. The van der Waals surface area contributed by atoms with E-state index in [1.807, 2.05) is 20.2 Å². The summed E-state index contributed by atoms with van der Waals surface area (Å²) >= 11 is 3.32. The summed E-state index contributed by atoms with van der Waals surface area (Å²) in [6.45, 7) is 3.31. The number of pyridine rings is 1. The molecule has 0 radical (unpaired) electrons. The molecule has 0 unspecified atom stereocenters. The number of carbonyl (C=O) groups is 1. The van der Waals surface area contributed by atoms with Crippen molar-refractivity contribution in [3.63, 3.8) is 0 Å². The van der Waals surface area contributed by atoms with Crippen LogP contribution in [-0.2, 0) is 4.79 Å². The molecule has 3 aromatic rings. The van der Waals surface area contributed by atoms with Crippen LogP contribution in [0.4, 0.5) is 5.13 Å². The number of likely N-dealkylation sites (N-methyl/N-ethyl adjacent to an activating group) is 1. The van der Waals surface area contributed by atoms with Crippen LogP contribution in [0.2, 0.25) is 0 Å². The van der Waals surface area contributed by atoms with E-state index < -0.39 is 0 Å². The van der Waals surface area contributed by atoms with Crippen molar-refractivity contribution < 1.29 is 4.79 Å². The Labute approximate surface area is 173 Å². The summed E-state index contributed by atoms with van der Waals surface area (Å²) in [5.74, 6) is 0.295. The Morgan fingerprint density at radius 3 is 2.79 bits per heavy atom. The van der Waals surface area contributed by atoms with E-state index in [2.05, 4.69) is 38.0 Å². The molecule has 3 aromatic heterocycles. The van der Waals surface area contributed by atoms with Gasteiger partial charge in [-0.2, -0.15) is 11.3 Å². The van der Waals surface area contributed by atoms with Crippen molar-refractivity contribution >= 4 is 44.1 Å². The molecule has 0 bridgehead atoms. The van der Waals surface area contributed by atoms with Gasteiger partial charge in [0.2, 0.25) is 5.91 Å². The number of anilines is 1. The first kappa shape index (κ1) is 19.3. The van der Waals surface area contributed by atoms with Crippen LogP contribution in [0, 0.1) is 5.92 Å². The summed E-state index contributed by atoms with van der Waals surface area (Å²) in [6, 6.07) is 6.19. The number of rotatable bonds is 6. The number of fused-ring (bicyclic) bond motifs is 1. The lowest BCUT2D eigenvalue weighted by Gasteiger charge is -2.31. The normalized spacial score (nSPS) is 15.5. The number of amides is 1. The first-order valence-electron chi connectivity index (χ1n) is 9.58. The smallest absolute Gasteiger partial charge is 0.223 e. The van der Waals surface area contributed by atoms with E-state index in [9.17, 15) is 4.79 Å². The van der Waals surface area contributed by atoms with Crippen LogP contribution in [0.5, 0.6) is 0 Å². The number of thiophene rings is 1. The van der Waals surface area contributed by atoms with Gasteiger partial charge in [-0.3, -0.25) is 4.79 Å². The van der Waals surface area contributed by atoms with Gasteiger partial charge in [0.1, 0.15) is 10.3 Å². The fourth-order valence-electron chi connectivity index (χ4n) is 3.39. The van der Waals surface area contributed by atoms with E-state index in [4.69, 9.17) is 9.97 Å². The van der Waals surface area contributed by atoms with Gasteiger partial charge >= 0.3 is 0 Å². The Balaban J connectivity index is 1.38. The van der Waals surface area contributed by atoms with Crippen LogP contribution in [0.25, 0.3) is 21.6 Å². The van der Waals surface area contributed by atoms with Crippen LogP contribution >= 0.6 is 22.7 Å². The summed E-state index contributed by atoms with van der Waals surface area (Å²) < 4.78 is 0. The maximum Gasteiger partial charge on any atom is 0.223 e. The highest BCUT2D eigenvalue weighted by atomic mass is 32.1. The molecule has 0 aromatic carbocycles. The molecule has 148 valence electrons. The quantitative estimate of drug-likeness (QED) is 0.669. The molecule has 6 nitrogen and oxygen atoms in total. The zero-order valence-corrected chi connectivity index (χ0v) is 17.9. The lowest BCUT2D eigenvalue weighted by molar-refractivity contribution is -0.125. The third kappa shape index (κ3) is 4.34. The first-order valence-corrected chi connectivity index (χ1v) is 11.3. The fraction of sp³-hybridized carbons (Fsp3) is 0.450. The van der Waals surface area contributed by atoms with Gasteiger partial charge in [-0.25, -0.2) is 9.97 Å². The highest BCUT2D eigenvalue weighted by Gasteiger charge is 2.26. The second-order valence-electron chi connectivity index (χ2n) is 7.38. The van der Waals surface area contributed by atoms with Gasteiger partial charge in [0, 0.05) is 43.0 Å². The van der Waals surface area contributed by atoms with Crippen LogP contribution in [0.1, 0.15) is 12.8 Å². The van der Waals surface area contributed by atoms with Gasteiger partial charge in [0.15, 0.2) is 5.13 Å². The Kier molecular flexibility index (Phi) is 5.89. The highest BCUT2D eigenvalue weighted by molar-refractivity contribution is 7.21. The van der Waals surface area contributed by atoms with E-state index in [0.717, 1.165) is 59.2 Å². The Hall–Kier alpha value is -2.03. The van der Waals surface area contributed by atoms with E-state index in [0.29, 0.717) is 6.54 Å². The molecule has 4 heterocycles. The summed E-state index contributed by atoms with van der Waals surface area (Å²) in [5, 5.41) is 8.25. The van der Waals surface area contributed by atoms with E-state index >= 15 is 0 Å². The predicted molar refractivity (Wildman–Crippen MR) is 117 cm³/mol. The summed E-state index contributed by atoms with van der Waals surface area (Å²) in [4.78, 5) is 27.3. The maximum absolute atomic E-state index is 12.3. The van der Waals surface area contributed by atoms with Crippen LogP contribution in [-0.4, -0.2) is 61.0 Å². The number of hydrogen-bond acceptors (Lipinski definition) is 7. The SMILES string of the molecule is CN(C)CCNC(=O)C1CCN(c2nc3ccc(-c4ccsc4)nc3s2)CC1. The third-order valence-electron chi connectivity index (χ3n) is 5.06. The fourth-order valence-corrected chi connectivity index (χ4v) is 5.03. The Morgan fingerprint density at radius 1 is 1.25 bits per heavy atom. The average molecular weight is 416 g/mol. The van der Waals surface area contributed by atoms with E-state index in [1.54, 1.807) is 22.7 Å². The molecule has 0 saturated carbocycles. The van der Waals surface area contributed by atoms with Gasteiger partial charge in [0.05, 0.1) is 5.69 Å². The van der Waals surface area contributed by atoms with Gasteiger partial charge in [0.25, 0.3) is 0 Å². The second kappa shape index (κ2) is 8.55. The molecule has 1 aliphatic heterocycles. The standard InChI is InChI=1S/C20H25N5OS2/c1-24(2)11-8-21-18(26)14-5-9-25(10-6-14)20-23-17-4-3-16(22-19(17)28-20)15-7-12-27-13-15/h3-4,7,12-14H,5-6,8-11H2,1-2H3,(H,21,26). The predicted octanol–water partition coefficient (Wildman–Crippen LogP) is 3.31. The topological polar surface area (TPSA) is 61.4 Å². The largest absolute Gasteiger partial charge is 0.355 e. The number of thiazole rings is 1. The molecule has 8 heteroatoms. The van der Waals surface area contributed by atoms with Gasteiger partial charge < -0.3 is 15.1 Å². The van der Waals surface area contributed by atoms with Gasteiger partial charge in [-0.05, 0) is 50.5 Å². The molecule has 1 amide bonds. The Morgan fingerprint density at radius 2 is 2.07 bits per heavy atom. The molecule has 1 aliphatic rings. The summed E-state index contributed by atoms with van der Waals surface area (Å²) in [7, 11) is 4.03. The second-order valence-corrected chi connectivity index (χ2v) is 9.12. The average Bonchev–Trinajstić information content (AvgIpc) is 3.37. The van der Waals surface area contributed by atoms with E-state index in [-0.39, 0.29) is 11.8 Å². The van der Waals surface area contributed by atoms with Crippen molar-refractivity contribution in [3.8, 4) is 11.3 Å². The molecule has 28 heavy (non-hydrogen) atoms. The van der Waals surface area contributed by atoms with Crippen molar-refractivity contribution in [2.45, 2.75) is 12.8 Å². The molecule has 0 atom stereocenters. The third-order valence-corrected chi connectivity index (χ3v) is 6.76. The van der Waals surface area contributed by atoms with Crippen LogP contribution < -0.4 is 10.2 Å². The van der Waals surface area contributed by atoms with Crippen molar-refractivity contribution in [1.82, 2.24) is 20.2 Å². The number of hydrogen-bond donors (Lipinski definition) is 1. The molecule has 0 aliphatic carbocycles. The minimum Gasteiger partial charge on any atom is -0.355 e. The lowest BCUT2D eigenvalue weighted by Crippen LogP contribution is -2.42. The monoisotopic (exact) mass is 415 g/mol. The molecule has 0 spiro atoms. The first-order chi connectivity index (χ1) is 13.6. The number of nitrogens with zero attached hydrogens (tertiary/aromatic N) is 4. The minimum absolute atomic E-state index is 0.108. The summed E-state index contributed by atoms with van der Waals surface area (Å²) in [6.07, 6.45) is 1.74. The highest BCUT2D eigenvalue weighted by Crippen LogP contribution is 2.32. The molecular weight excluding hydrogens is 390 g/mol. The van der Waals surface area contributed by atoms with Gasteiger partial charge in [-0.1, -0.05) is 11.3 Å². The minimum atomic E-state index is 0.108. The van der Waals surface area contributed by atoms with Gasteiger partial charge in [-0.15, -0.1) is 0 Å². The van der Waals surface area contributed by atoms with Crippen molar-refractivity contribution in [3.05, 3.63) is 29.0 Å². The van der Waals surface area contributed by atoms with Crippen LogP contribution in [0.15, 0.2) is 29.0 Å². The van der Waals surface area contributed by atoms with Crippen molar-refractivity contribution in [2.24, 2.45) is 5.92 Å². The molecule has 4 rings (SSSR count). The van der Waals surface area contributed by atoms with Crippen molar-refractivity contribution in [2.75, 3.05) is 45.2 Å². The molecule has 1 saturated heterocycles. The zero-order valence-electron chi connectivity index (χ0n) is 16.2. The summed E-state index contributed by atoms with van der Waals surface area (Å²) in [5.41, 5.74) is 3.10. The molecule has 1 fully saturated rings. The Bertz CT molecular complexity index is 929. The number of aromatic nitrogens is 2. The molecule has 1 N–H and O–H groups in total. The lowest BCUT2D eigenvalue weighted by atomic mass is 9.96. The maximum atomic E-state index is 12.3.